The number of carbonyl (C=O) groups excluding carboxylic acids is 1. The zero-order valence-electron chi connectivity index (χ0n) is 21.4. The predicted molar refractivity (Wildman–Crippen MR) is 137 cm³/mol. The summed E-state index contributed by atoms with van der Waals surface area (Å²) in [6.07, 6.45) is -4.08. The Labute approximate surface area is 219 Å². The van der Waals surface area contributed by atoms with Gasteiger partial charge in [0, 0.05) is 13.1 Å². The second kappa shape index (κ2) is 12.2. The molecule has 208 valence electrons. The van der Waals surface area contributed by atoms with Crippen molar-refractivity contribution in [2.24, 2.45) is 0 Å². The minimum absolute atomic E-state index is 0.0353. The van der Waals surface area contributed by atoms with Crippen LogP contribution in [0.25, 0.3) is 11.2 Å². The normalized spacial score (nSPS) is 25.5. The van der Waals surface area contributed by atoms with Crippen molar-refractivity contribution in [1.82, 2.24) is 24.6 Å². The Kier molecular flexibility index (Phi) is 9.70. The van der Waals surface area contributed by atoms with Crippen molar-refractivity contribution in [3.05, 3.63) is 6.33 Å². The van der Waals surface area contributed by atoms with E-state index in [1.807, 2.05) is 18.7 Å². The van der Waals surface area contributed by atoms with Crippen LogP contribution in [-0.2, 0) is 23.4 Å². The van der Waals surface area contributed by atoms with Crippen molar-refractivity contribution >= 4 is 48.7 Å². The molecule has 4 N–H and O–H groups in total. The topological polar surface area (TPSA) is 167 Å². The fraction of sp³-hybridized carbons (Fsp3) is 0.714. The third kappa shape index (κ3) is 6.15. The number of aliphatic hydroxyl groups is 1. The minimum atomic E-state index is -3.01. The number of imidazole rings is 1. The van der Waals surface area contributed by atoms with Crippen LogP contribution in [0.2, 0.25) is 0 Å². The average Bonchev–Trinajstić information content (AvgIpc) is 3.37. The Morgan fingerprint density at radius 2 is 2.08 bits per heavy atom. The smallest absolute Gasteiger partial charge is 0.323 e. The number of halogens is 2. The van der Waals surface area contributed by atoms with Gasteiger partial charge in [0.05, 0.1) is 24.9 Å². The lowest BCUT2D eigenvalue weighted by molar-refractivity contribution is -0.149. The monoisotopic (exact) mass is 565 g/mol. The highest BCUT2D eigenvalue weighted by Gasteiger charge is 2.56. The van der Waals surface area contributed by atoms with Crippen molar-refractivity contribution in [2.75, 3.05) is 36.2 Å². The summed E-state index contributed by atoms with van der Waals surface area (Å²) in [5, 5.41) is 13.3. The van der Waals surface area contributed by atoms with E-state index in [9.17, 15) is 14.5 Å². The number of anilines is 2. The summed E-state index contributed by atoms with van der Waals surface area (Å²) in [5.74, 6) is -0.532. The van der Waals surface area contributed by atoms with Gasteiger partial charge in [-0.15, -0.1) is 11.6 Å². The molecule has 3 rings (SSSR count). The fourth-order valence-corrected chi connectivity index (χ4v) is 5.18. The van der Waals surface area contributed by atoms with Gasteiger partial charge in [0.15, 0.2) is 29.4 Å². The van der Waals surface area contributed by atoms with Crippen molar-refractivity contribution < 1.29 is 32.9 Å². The summed E-state index contributed by atoms with van der Waals surface area (Å²) in [6, 6.07) is -0.917. The number of esters is 1. The number of aliphatic hydroxyl groups excluding tert-OH is 1. The first-order valence-electron chi connectivity index (χ1n) is 11.9. The maximum atomic E-state index is 15.4. The standard InChI is InChI=1S/C21H34ClFN7O6P/c1-6-29(7-2)16-14-17(27-20(24)26-16)30(10-25-14)18-13(23)15(31)21(8-22,36-18)9-34-37(33)28-12(5)19(32)35-11(3)4/h10-13,15,18,31,37H,6-9H2,1-5H3,(H,28,33)(H2,24,26,27)/t12-,13-,15-,18+,21+/m0/s1. The number of fused-ring (bicyclic) bond motifs is 1. The average molecular weight is 566 g/mol. The van der Waals surface area contributed by atoms with Crippen LogP contribution in [0.1, 0.15) is 40.8 Å². The largest absolute Gasteiger partial charge is 0.462 e. The van der Waals surface area contributed by atoms with E-state index in [4.69, 9.17) is 31.3 Å². The summed E-state index contributed by atoms with van der Waals surface area (Å²) in [7, 11) is -3.01. The third-order valence-corrected chi connectivity index (χ3v) is 7.47. The number of alkyl halides is 2. The molecule has 1 aliphatic heterocycles. The zero-order valence-corrected chi connectivity index (χ0v) is 23.1. The molecule has 0 radical (unpaired) electrons. The quantitative estimate of drug-likeness (QED) is 0.194. The van der Waals surface area contributed by atoms with E-state index in [0.717, 1.165) is 0 Å². The Hall–Kier alpha value is -2.09. The number of rotatable bonds is 12. The molecule has 0 bridgehead atoms. The van der Waals surface area contributed by atoms with Crippen LogP contribution in [0.3, 0.4) is 0 Å². The number of nitrogens with zero attached hydrogens (tertiary/aromatic N) is 5. The molecular weight excluding hydrogens is 532 g/mol. The lowest BCUT2D eigenvalue weighted by Gasteiger charge is -2.29. The van der Waals surface area contributed by atoms with E-state index in [-0.39, 0.29) is 23.6 Å². The lowest BCUT2D eigenvalue weighted by atomic mass is 9.99. The van der Waals surface area contributed by atoms with Gasteiger partial charge in [0.1, 0.15) is 17.7 Å². The molecule has 3 heterocycles. The second-order valence-corrected chi connectivity index (χ2v) is 10.3. The molecule has 1 aliphatic rings. The molecule has 0 aliphatic carbocycles. The van der Waals surface area contributed by atoms with Crippen molar-refractivity contribution in [3.63, 3.8) is 0 Å². The van der Waals surface area contributed by atoms with Gasteiger partial charge in [-0.05, 0) is 34.6 Å². The molecule has 0 amide bonds. The van der Waals surface area contributed by atoms with Crippen LogP contribution in [0.15, 0.2) is 6.33 Å². The number of carbonyl (C=O) groups is 1. The van der Waals surface area contributed by atoms with Gasteiger partial charge < -0.3 is 29.7 Å². The van der Waals surface area contributed by atoms with E-state index in [1.165, 1.54) is 17.8 Å². The molecule has 37 heavy (non-hydrogen) atoms. The van der Waals surface area contributed by atoms with Gasteiger partial charge in [-0.3, -0.25) is 13.9 Å². The van der Waals surface area contributed by atoms with E-state index in [0.29, 0.717) is 24.4 Å². The van der Waals surface area contributed by atoms with E-state index >= 15 is 4.39 Å². The third-order valence-electron chi connectivity index (χ3n) is 5.94. The number of nitrogen functional groups attached to an aromatic ring is 1. The first-order chi connectivity index (χ1) is 17.5. The number of nitrogens with two attached hydrogens (primary N) is 1. The van der Waals surface area contributed by atoms with Crippen molar-refractivity contribution in [3.8, 4) is 0 Å². The molecule has 13 nitrogen and oxygen atoms in total. The summed E-state index contributed by atoms with van der Waals surface area (Å²) >= 11 is 6.10. The van der Waals surface area contributed by atoms with Gasteiger partial charge in [-0.2, -0.15) is 9.97 Å². The summed E-state index contributed by atoms with van der Waals surface area (Å²) in [5.41, 5.74) is 4.78. The van der Waals surface area contributed by atoms with Gasteiger partial charge in [-0.25, -0.2) is 14.5 Å². The van der Waals surface area contributed by atoms with Crippen LogP contribution in [0.4, 0.5) is 16.2 Å². The molecule has 2 aromatic rings. The predicted octanol–water partition coefficient (Wildman–Crippen LogP) is 1.80. The number of ether oxygens (including phenoxy) is 2. The van der Waals surface area contributed by atoms with Crippen LogP contribution in [-0.4, -0.2) is 86.2 Å². The maximum absolute atomic E-state index is 15.4. The molecule has 0 aromatic carbocycles. The van der Waals surface area contributed by atoms with Gasteiger partial charge in [0.2, 0.25) is 5.95 Å². The first-order valence-corrected chi connectivity index (χ1v) is 13.8. The number of aromatic nitrogens is 4. The summed E-state index contributed by atoms with van der Waals surface area (Å²) in [4.78, 5) is 26.7. The van der Waals surface area contributed by atoms with Crippen LogP contribution < -0.4 is 15.7 Å². The summed E-state index contributed by atoms with van der Waals surface area (Å²) < 4.78 is 45.5. The Bertz CT molecular complexity index is 1120. The minimum Gasteiger partial charge on any atom is -0.462 e. The van der Waals surface area contributed by atoms with Crippen LogP contribution in [0, 0.1) is 0 Å². The highest BCUT2D eigenvalue weighted by Crippen LogP contribution is 2.42. The van der Waals surface area contributed by atoms with Crippen LogP contribution in [0.5, 0.6) is 0 Å². The Morgan fingerprint density at radius 3 is 2.68 bits per heavy atom. The van der Waals surface area contributed by atoms with E-state index in [2.05, 4.69) is 20.0 Å². The van der Waals surface area contributed by atoms with Gasteiger partial charge in [-0.1, -0.05) is 0 Å². The van der Waals surface area contributed by atoms with Gasteiger partial charge in [0.25, 0.3) is 8.18 Å². The molecule has 16 heteroatoms. The van der Waals surface area contributed by atoms with Crippen LogP contribution >= 0.6 is 19.8 Å². The van der Waals surface area contributed by atoms with Crippen molar-refractivity contribution in [1.29, 1.82) is 0 Å². The lowest BCUT2D eigenvalue weighted by Crippen LogP contribution is -2.47. The SMILES string of the molecule is CCN(CC)c1nc(N)nc2c1ncn2[C@@H]1O[C@](CCl)(CO[PH](=O)N[C@@H](C)C(=O)OC(C)C)[C@@H](O)[C@@H]1F. The van der Waals surface area contributed by atoms with Gasteiger partial charge >= 0.3 is 5.97 Å². The first kappa shape index (κ1) is 29.5. The number of nitrogens with one attached hydrogen (secondary N) is 1. The molecular formula is C21H34ClFN7O6P. The molecule has 2 aromatic heterocycles. The van der Waals surface area contributed by atoms with E-state index in [1.54, 1.807) is 13.8 Å². The Balaban J connectivity index is 1.81. The fourth-order valence-electron chi connectivity index (χ4n) is 3.95. The number of hydrogen-bond donors (Lipinski definition) is 3. The molecule has 0 saturated carbocycles. The molecule has 1 saturated heterocycles. The zero-order chi connectivity index (χ0) is 27.5. The highest BCUT2D eigenvalue weighted by molar-refractivity contribution is 7.36. The Morgan fingerprint density at radius 1 is 1.41 bits per heavy atom. The van der Waals surface area contributed by atoms with E-state index < -0.39 is 50.9 Å². The highest BCUT2D eigenvalue weighted by atomic mass is 35.5. The summed E-state index contributed by atoms with van der Waals surface area (Å²) in [6.45, 7) is 9.48. The van der Waals surface area contributed by atoms with Crippen molar-refractivity contribution in [2.45, 2.75) is 70.9 Å². The molecule has 1 fully saturated rings. The number of hydrogen-bond acceptors (Lipinski definition) is 11. The second-order valence-electron chi connectivity index (χ2n) is 8.93. The molecule has 1 unspecified atom stereocenters. The maximum Gasteiger partial charge on any atom is 0.323 e. The molecule has 6 atom stereocenters. The molecule has 0 spiro atoms.